The fourth-order valence-corrected chi connectivity index (χ4v) is 4.51. The van der Waals surface area contributed by atoms with Crippen molar-refractivity contribution >= 4 is 39.9 Å². The maximum atomic E-state index is 12.0. The third-order valence-corrected chi connectivity index (χ3v) is 6.09. The van der Waals surface area contributed by atoms with E-state index in [1.165, 1.54) is 21.1 Å². The van der Waals surface area contributed by atoms with Crippen molar-refractivity contribution in [2.24, 2.45) is 0 Å². The average Bonchev–Trinajstić information content (AvgIpc) is 3.19. The highest BCUT2D eigenvalue weighted by Gasteiger charge is 2.09. The van der Waals surface area contributed by atoms with Gasteiger partial charge in [0.05, 0.1) is 20.5 Å². The number of amides is 1. The summed E-state index contributed by atoms with van der Waals surface area (Å²) in [7, 11) is 0. The Morgan fingerprint density at radius 3 is 2.73 bits per heavy atom. The van der Waals surface area contributed by atoms with Gasteiger partial charge in [-0.15, -0.1) is 34.0 Å². The topological polar surface area (TPSA) is 42.0 Å². The van der Waals surface area contributed by atoms with Crippen molar-refractivity contribution < 1.29 is 4.79 Å². The lowest BCUT2D eigenvalue weighted by atomic mass is 10.3. The van der Waals surface area contributed by atoms with Gasteiger partial charge in [0.15, 0.2) is 0 Å². The maximum absolute atomic E-state index is 12.0. The van der Waals surface area contributed by atoms with E-state index in [0.29, 0.717) is 6.54 Å². The van der Waals surface area contributed by atoms with Crippen molar-refractivity contribution in [1.29, 1.82) is 0 Å². The summed E-state index contributed by atoms with van der Waals surface area (Å²) in [5.74, 6) is 0.0185. The summed E-state index contributed by atoms with van der Waals surface area (Å²) in [6.07, 6.45) is 0.851. The normalized spacial score (nSPS) is 10.8. The van der Waals surface area contributed by atoms with Crippen LogP contribution >= 0.6 is 34.0 Å². The van der Waals surface area contributed by atoms with Crippen LogP contribution in [0.25, 0.3) is 10.6 Å². The molecule has 0 saturated heterocycles. The molecule has 3 aromatic heterocycles. The Kier molecular flexibility index (Phi) is 4.71. The number of hydrogen-bond acceptors (Lipinski definition) is 5. The van der Waals surface area contributed by atoms with E-state index in [2.05, 4.69) is 27.8 Å². The first-order chi connectivity index (χ1) is 10.6. The van der Waals surface area contributed by atoms with Crippen molar-refractivity contribution in [1.82, 2.24) is 10.3 Å². The van der Waals surface area contributed by atoms with E-state index >= 15 is 0 Å². The number of nitrogens with one attached hydrogen (secondary N) is 1. The van der Waals surface area contributed by atoms with Crippen molar-refractivity contribution in [3.05, 3.63) is 49.3 Å². The molecule has 0 radical (unpaired) electrons. The largest absolute Gasteiger partial charge is 0.351 e. The number of aryl methyl sites for hydroxylation is 2. The molecule has 0 aliphatic heterocycles. The van der Waals surface area contributed by atoms with E-state index in [4.69, 9.17) is 0 Å². The van der Waals surface area contributed by atoms with Crippen molar-refractivity contribution in [2.75, 3.05) is 6.54 Å². The maximum Gasteiger partial charge on any atom is 0.261 e. The molecule has 1 N–H and O–H groups in total. The molecule has 3 heterocycles. The summed E-state index contributed by atoms with van der Waals surface area (Å²) in [6, 6.07) is 8.08. The lowest BCUT2D eigenvalue weighted by Gasteiger charge is -2.01. The van der Waals surface area contributed by atoms with Gasteiger partial charge < -0.3 is 5.32 Å². The van der Waals surface area contributed by atoms with Gasteiger partial charge in [-0.1, -0.05) is 0 Å². The van der Waals surface area contributed by atoms with E-state index in [1.807, 2.05) is 26.0 Å². The Morgan fingerprint density at radius 2 is 2.05 bits per heavy atom. The molecule has 6 heteroatoms. The van der Waals surface area contributed by atoms with Gasteiger partial charge in [-0.3, -0.25) is 4.79 Å². The molecular formula is C16H16N2OS3. The average molecular weight is 349 g/mol. The predicted octanol–water partition coefficient (Wildman–Crippen LogP) is 4.52. The van der Waals surface area contributed by atoms with Crippen LogP contribution in [0.5, 0.6) is 0 Å². The fraction of sp³-hybridized carbons (Fsp3) is 0.250. The van der Waals surface area contributed by atoms with Gasteiger partial charge in [0, 0.05) is 21.7 Å². The van der Waals surface area contributed by atoms with E-state index in [-0.39, 0.29) is 5.91 Å². The minimum absolute atomic E-state index is 0.0185. The quantitative estimate of drug-likeness (QED) is 0.736. The third-order valence-electron chi connectivity index (χ3n) is 3.15. The molecule has 0 atom stereocenters. The molecule has 0 saturated carbocycles. The third kappa shape index (κ3) is 3.63. The van der Waals surface area contributed by atoms with Gasteiger partial charge in [-0.25, -0.2) is 4.98 Å². The number of carbonyl (C=O) groups excluding carboxylic acids is 1. The molecule has 0 fully saturated rings. The molecule has 0 spiro atoms. The minimum Gasteiger partial charge on any atom is -0.351 e. The molecule has 3 rings (SSSR count). The Morgan fingerprint density at radius 1 is 1.18 bits per heavy atom. The smallest absolute Gasteiger partial charge is 0.261 e. The Bertz CT molecular complexity index is 785. The number of hydrogen-bond donors (Lipinski definition) is 1. The lowest BCUT2D eigenvalue weighted by Crippen LogP contribution is -2.24. The first-order valence-electron chi connectivity index (χ1n) is 6.97. The van der Waals surface area contributed by atoms with E-state index in [1.54, 1.807) is 22.7 Å². The van der Waals surface area contributed by atoms with Crippen molar-refractivity contribution in [3.8, 4) is 10.6 Å². The summed E-state index contributed by atoms with van der Waals surface area (Å²) >= 11 is 4.95. The zero-order valence-corrected chi connectivity index (χ0v) is 14.8. The second kappa shape index (κ2) is 6.73. The summed E-state index contributed by atoms with van der Waals surface area (Å²) in [6.45, 7) is 4.69. The SMILES string of the molecule is Cc1ccc(C(=O)NCCc2ccc(-c3csc(C)n3)s2)s1. The monoisotopic (exact) mass is 348 g/mol. The van der Waals surface area contributed by atoms with Crippen LogP contribution in [0.15, 0.2) is 29.6 Å². The van der Waals surface area contributed by atoms with Crippen molar-refractivity contribution in [2.45, 2.75) is 20.3 Å². The van der Waals surface area contributed by atoms with Gasteiger partial charge in [-0.05, 0) is 44.5 Å². The summed E-state index contributed by atoms with van der Waals surface area (Å²) < 4.78 is 0. The Hall–Kier alpha value is -1.50. The van der Waals surface area contributed by atoms with Gasteiger partial charge in [0.2, 0.25) is 0 Å². The van der Waals surface area contributed by atoms with Crippen LogP contribution < -0.4 is 5.32 Å². The van der Waals surface area contributed by atoms with Gasteiger partial charge in [0.25, 0.3) is 5.91 Å². The number of rotatable bonds is 5. The lowest BCUT2D eigenvalue weighted by molar-refractivity contribution is 0.0958. The highest BCUT2D eigenvalue weighted by Crippen LogP contribution is 2.29. The minimum atomic E-state index is 0.0185. The molecule has 0 unspecified atom stereocenters. The Balaban J connectivity index is 1.54. The molecule has 114 valence electrons. The zero-order valence-electron chi connectivity index (χ0n) is 12.4. The fourth-order valence-electron chi connectivity index (χ4n) is 2.07. The van der Waals surface area contributed by atoms with Crippen LogP contribution in [-0.4, -0.2) is 17.4 Å². The predicted molar refractivity (Wildman–Crippen MR) is 95.3 cm³/mol. The molecular weight excluding hydrogens is 332 g/mol. The van der Waals surface area contributed by atoms with Crippen LogP contribution in [0, 0.1) is 13.8 Å². The number of aromatic nitrogens is 1. The van der Waals surface area contributed by atoms with E-state index in [0.717, 1.165) is 26.9 Å². The van der Waals surface area contributed by atoms with Crippen LogP contribution in [0.3, 0.4) is 0 Å². The molecule has 0 bridgehead atoms. The summed E-state index contributed by atoms with van der Waals surface area (Å²) in [5, 5.41) is 6.15. The second-order valence-electron chi connectivity index (χ2n) is 4.93. The van der Waals surface area contributed by atoms with E-state index in [9.17, 15) is 4.79 Å². The molecule has 0 aliphatic carbocycles. The van der Waals surface area contributed by atoms with Crippen LogP contribution in [0.1, 0.15) is 24.4 Å². The van der Waals surface area contributed by atoms with E-state index < -0.39 is 0 Å². The summed E-state index contributed by atoms with van der Waals surface area (Å²) in [5.41, 5.74) is 1.05. The zero-order chi connectivity index (χ0) is 15.5. The van der Waals surface area contributed by atoms with Crippen LogP contribution in [0.4, 0.5) is 0 Å². The van der Waals surface area contributed by atoms with Crippen LogP contribution in [-0.2, 0) is 6.42 Å². The first-order valence-corrected chi connectivity index (χ1v) is 9.49. The molecule has 22 heavy (non-hydrogen) atoms. The second-order valence-corrected chi connectivity index (χ2v) is 8.45. The van der Waals surface area contributed by atoms with Crippen molar-refractivity contribution in [3.63, 3.8) is 0 Å². The van der Waals surface area contributed by atoms with Gasteiger partial charge >= 0.3 is 0 Å². The number of nitrogens with zero attached hydrogens (tertiary/aromatic N) is 1. The summed E-state index contributed by atoms with van der Waals surface area (Å²) in [4.78, 5) is 20.9. The Labute approximate surface area is 141 Å². The van der Waals surface area contributed by atoms with Crippen LogP contribution in [0.2, 0.25) is 0 Å². The molecule has 0 aromatic carbocycles. The molecule has 3 nitrogen and oxygen atoms in total. The molecule has 0 aliphatic rings. The van der Waals surface area contributed by atoms with Gasteiger partial charge in [0.1, 0.15) is 0 Å². The standard InChI is InChI=1S/C16H16N2OS3/c1-10-3-5-15(21-10)16(19)17-8-7-12-4-6-14(22-12)13-9-20-11(2)18-13/h3-6,9H,7-8H2,1-2H3,(H,17,19). The first kappa shape index (κ1) is 15.4. The highest BCUT2D eigenvalue weighted by molar-refractivity contribution is 7.16. The number of carbonyl (C=O) groups is 1. The number of thiophene rings is 2. The van der Waals surface area contributed by atoms with Gasteiger partial charge in [-0.2, -0.15) is 0 Å². The molecule has 1 amide bonds. The number of thiazole rings is 1. The molecule has 3 aromatic rings. The highest BCUT2D eigenvalue weighted by atomic mass is 32.1.